The molecule has 0 bridgehead atoms. The van der Waals surface area contributed by atoms with E-state index in [1.54, 1.807) is 13.0 Å². The molecule has 0 aromatic heterocycles. The Morgan fingerprint density at radius 1 is 0.930 bits per heavy atom. The van der Waals surface area contributed by atoms with Crippen LogP contribution in [0.5, 0.6) is 5.75 Å². The van der Waals surface area contributed by atoms with Gasteiger partial charge in [0.05, 0.1) is 31.0 Å². The van der Waals surface area contributed by atoms with Gasteiger partial charge in [-0.25, -0.2) is 13.2 Å². The molecular weight excluding hydrogens is 761 g/mol. The lowest BCUT2D eigenvalue weighted by molar-refractivity contribution is -0.144. The van der Waals surface area contributed by atoms with Gasteiger partial charge in [0, 0.05) is 38.7 Å². The predicted molar refractivity (Wildman–Crippen MR) is 195 cm³/mol. The van der Waals surface area contributed by atoms with Crippen LogP contribution in [0.4, 0.5) is 22.0 Å². The summed E-state index contributed by atoms with van der Waals surface area (Å²) in [5.41, 5.74) is 0.150. The smallest absolute Gasteiger partial charge is 0.311 e. The number of carbonyl (C=O) groups is 4. The first-order valence-electron chi connectivity index (χ1n) is 19.3. The van der Waals surface area contributed by atoms with Crippen LogP contribution >= 0.6 is 0 Å². The molecule has 9 atom stereocenters. The SMILES string of the molecule is CC(=O)O[C@@H](C)/C=C\C(=O)N[C@@H]1C[C@H](C)[C@H](C/C=C(C)/C=C/[C@H]2O[C@H](CC(=O)CCCCCCC(=O)Oc3c(F)c(F)c(F)c(F)c3F)C[C@@]3(CO3)[C@@H]2O)O[C@@H]1C. The van der Waals surface area contributed by atoms with Gasteiger partial charge < -0.3 is 34.1 Å². The number of ether oxygens (including phenoxy) is 5. The molecule has 316 valence electrons. The molecule has 2 N–H and O–H groups in total. The van der Waals surface area contributed by atoms with Crippen LogP contribution in [0.1, 0.15) is 98.8 Å². The number of aliphatic hydroxyl groups excluding tert-OH is 1. The molecule has 16 heteroatoms. The van der Waals surface area contributed by atoms with Crippen molar-refractivity contribution in [1.29, 1.82) is 0 Å². The van der Waals surface area contributed by atoms with Crippen molar-refractivity contribution >= 4 is 23.6 Å². The maximum absolute atomic E-state index is 13.8. The van der Waals surface area contributed by atoms with Crippen molar-refractivity contribution in [3.8, 4) is 5.75 Å². The molecule has 3 aliphatic heterocycles. The van der Waals surface area contributed by atoms with E-state index in [0.717, 1.165) is 12.0 Å². The molecule has 1 amide bonds. The minimum Gasteiger partial charge on any atom is -0.459 e. The summed E-state index contributed by atoms with van der Waals surface area (Å²) in [6, 6.07) is -0.185. The summed E-state index contributed by atoms with van der Waals surface area (Å²) < 4.78 is 94.9. The first-order valence-corrected chi connectivity index (χ1v) is 19.3. The van der Waals surface area contributed by atoms with Gasteiger partial charge in [0.1, 0.15) is 29.7 Å². The summed E-state index contributed by atoms with van der Waals surface area (Å²) >= 11 is 0. The van der Waals surface area contributed by atoms with Gasteiger partial charge in [0.25, 0.3) is 0 Å². The van der Waals surface area contributed by atoms with Gasteiger partial charge in [-0.2, -0.15) is 8.78 Å². The van der Waals surface area contributed by atoms with E-state index in [4.69, 9.17) is 18.9 Å². The number of epoxide rings is 1. The lowest BCUT2D eigenvalue weighted by Gasteiger charge is -2.39. The molecule has 3 heterocycles. The van der Waals surface area contributed by atoms with E-state index >= 15 is 0 Å². The minimum atomic E-state index is -2.35. The van der Waals surface area contributed by atoms with Crippen LogP contribution < -0.4 is 10.1 Å². The summed E-state index contributed by atoms with van der Waals surface area (Å²) in [6.07, 6.45) is 9.04. The van der Waals surface area contributed by atoms with E-state index in [1.165, 1.54) is 19.1 Å². The number of Topliss-reactive ketones (excluding diaryl/α,β-unsaturated/α-hetero) is 1. The fraction of sp³-hybridized carbons (Fsp3) is 0.610. The van der Waals surface area contributed by atoms with Crippen molar-refractivity contribution in [1.82, 2.24) is 5.32 Å². The third-order valence-corrected chi connectivity index (χ3v) is 10.4. The summed E-state index contributed by atoms with van der Waals surface area (Å²) in [5.74, 6) is -14.6. The van der Waals surface area contributed by atoms with Gasteiger partial charge in [0.2, 0.25) is 40.7 Å². The highest BCUT2D eigenvalue weighted by atomic mass is 19.2. The molecule has 1 aromatic rings. The monoisotopic (exact) mass is 813 g/mol. The van der Waals surface area contributed by atoms with Crippen LogP contribution in [0.2, 0.25) is 0 Å². The Morgan fingerprint density at radius 2 is 1.56 bits per heavy atom. The average Bonchev–Trinajstić information content (AvgIpc) is 3.93. The molecule has 0 saturated carbocycles. The maximum atomic E-state index is 13.8. The zero-order valence-corrected chi connectivity index (χ0v) is 32.8. The largest absolute Gasteiger partial charge is 0.459 e. The molecule has 0 unspecified atom stereocenters. The first kappa shape index (κ1) is 45.7. The summed E-state index contributed by atoms with van der Waals surface area (Å²) in [5, 5.41) is 14.0. The molecule has 0 radical (unpaired) electrons. The Labute approximate surface area is 329 Å². The van der Waals surface area contributed by atoms with E-state index in [-0.39, 0.29) is 61.5 Å². The minimum absolute atomic E-state index is 0.0558. The number of hydrogen-bond acceptors (Lipinski definition) is 10. The van der Waals surface area contributed by atoms with Crippen LogP contribution in [0, 0.1) is 35.0 Å². The van der Waals surface area contributed by atoms with Crippen molar-refractivity contribution in [2.24, 2.45) is 5.92 Å². The molecule has 57 heavy (non-hydrogen) atoms. The fourth-order valence-corrected chi connectivity index (χ4v) is 7.03. The molecule has 3 saturated heterocycles. The second-order valence-corrected chi connectivity index (χ2v) is 15.2. The Balaban J connectivity index is 1.17. The third-order valence-electron chi connectivity index (χ3n) is 10.4. The number of ketones is 1. The van der Waals surface area contributed by atoms with Crippen LogP contribution in [0.15, 0.2) is 36.0 Å². The van der Waals surface area contributed by atoms with Crippen LogP contribution in [0.3, 0.4) is 0 Å². The number of nitrogens with one attached hydrogen (secondary N) is 1. The maximum Gasteiger partial charge on any atom is 0.311 e. The Bertz CT molecular complexity index is 1680. The number of carbonyl (C=O) groups excluding carboxylic acids is 4. The predicted octanol–water partition coefficient (Wildman–Crippen LogP) is 6.57. The van der Waals surface area contributed by atoms with Crippen LogP contribution in [-0.4, -0.2) is 83.6 Å². The highest BCUT2D eigenvalue weighted by Gasteiger charge is 2.58. The first-order chi connectivity index (χ1) is 26.9. The van der Waals surface area contributed by atoms with E-state index in [2.05, 4.69) is 17.0 Å². The summed E-state index contributed by atoms with van der Waals surface area (Å²) in [4.78, 5) is 48.3. The Hall–Kier alpha value is -3.99. The van der Waals surface area contributed by atoms with Gasteiger partial charge in [-0.15, -0.1) is 0 Å². The van der Waals surface area contributed by atoms with E-state index in [1.807, 2.05) is 26.0 Å². The lowest BCUT2D eigenvalue weighted by atomic mass is 9.86. The summed E-state index contributed by atoms with van der Waals surface area (Å²) in [6.45, 7) is 9.23. The quantitative estimate of drug-likeness (QED) is 0.0192. The molecular formula is C41H52F5NO10. The topological polar surface area (TPSA) is 150 Å². The average molecular weight is 814 g/mol. The Morgan fingerprint density at radius 3 is 2.19 bits per heavy atom. The molecule has 1 spiro atoms. The standard InChI is InChI=1S/C41H52F5NO10/c1-22(12-15-30-23(2)18-29(25(4)55-30)47-32(50)17-14-24(3)54-26(5)48)13-16-31-40(52)41(21-53-41)20-28(56-31)19-27(49)10-8-6-7-9-11-33(51)57-39-37(45)35(43)34(42)36(44)38(39)46/h12-14,16-17,23-25,28-31,40,52H,6-11,15,18-21H2,1-5H3,(H,47,50)/b16-13+,17-14-,22-12+/t23-,24-,25+,28+,29+,30-,31+,40+,41+/m0/s1. The lowest BCUT2D eigenvalue weighted by Crippen LogP contribution is -2.50. The second kappa shape index (κ2) is 20.6. The summed E-state index contributed by atoms with van der Waals surface area (Å²) in [7, 11) is 0. The molecule has 1 aromatic carbocycles. The van der Waals surface area contributed by atoms with Crippen molar-refractivity contribution in [3.05, 3.63) is 65.0 Å². The van der Waals surface area contributed by atoms with Gasteiger partial charge in [-0.1, -0.05) is 43.6 Å². The fourth-order valence-electron chi connectivity index (χ4n) is 7.03. The highest BCUT2D eigenvalue weighted by molar-refractivity contribution is 5.87. The second-order valence-electron chi connectivity index (χ2n) is 15.2. The number of rotatable bonds is 18. The number of amides is 1. The number of esters is 2. The van der Waals surface area contributed by atoms with E-state index in [9.17, 15) is 46.2 Å². The zero-order valence-electron chi connectivity index (χ0n) is 32.8. The number of aliphatic hydroxyl groups is 1. The van der Waals surface area contributed by atoms with Crippen molar-refractivity contribution in [2.45, 2.75) is 147 Å². The van der Waals surface area contributed by atoms with Gasteiger partial charge in [-0.3, -0.25) is 19.2 Å². The normalized spacial score (nSPS) is 28.1. The molecule has 11 nitrogen and oxygen atoms in total. The van der Waals surface area contributed by atoms with Gasteiger partial charge in [0.15, 0.2) is 0 Å². The molecule has 0 aliphatic carbocycles. The van der Waals surface area contributed by atoms with Crippen molar-refractivity contribution in [3.63, 3.8) is 0 Å². The molecule has 3 aliphatic rings. The third kappa shape index (κ3) is 13.0. The van der Waals surface area contributed by atoms with E-state index in [0.29, 0.717) is 38.7 Å². The van der Waals surface area contributed by atoms with Crippen LogP contribution in [0.25, 0.3) is 0 Å². The number of benzene rings is 1. The van der Waals surface area contributed by atoms with Gasteiger partial charge in [-0.05, 0) is 58.4 Å². The van der Waals surface area contributed by atoms with Crippen LogP contribution in [-0.2, 0) is 38.1 Å². The number of unbranched alkanes of at least 4 members (excludes halogenated alkanes) is 3. The number of allylic oxidation sites excluding steroid dienone is 2. The van der Waals surface area contributed by atoms with Crippen molar-refractivity contribution in [2.75, 3.05) is 6.61 Å². The molecule has 4 rings (SSSR count). The van der Waals surface area contributed by atoms with E-state index < -0.39 is 76.8 Å². The number of halogens is 5. The number of hydrogen-bond donors (Lipinski definition) is 2. The Kier molecular flexibility index (Phi) is 16.5. The zero-order chi connectivity index (χ0) is 42.0. The highest BCUT2D eigenvalue weighted by Crippen LogP contribution is 2.43. The molecule has 3 fully saturated rings. The van der Waals surface area contributed by atoms with Crippen molar-refractivity contribution < 1.29 is 69.9 Å². The van der Waals surface area contributed by atoms with Gasteiger partial charge >= 0.3 is 11.9 Å².